The van der Waals surface area contributed by atoms with Crippen molar-refractivity contribution >= 4 is 12.0 Å². The molecule has 6 heteroatoms. The molecule has 2 amide bonds. The molecule has 1 heterocycles. The van der Waals surface area contributed by atoms with Gasteiger partial charge in [0, 0.05) is 26.2 Å². The maximum atomic E-state index is 12.5. The van der Waals surface area contributed by atoms with Gasteiger partial charge in [0.25, 0.3) is 0 Å². The number of carbonyl (C=O) groups is 2. The van der Waals surface area contributed by atoms with Crippen LogP contribution < -0.4 is 4.74 Å². The predicted molar refractivity (Wildman–Crippen MR) is 91.2 cm³/mol. The van der Waals surface area contributed by atoms with Gasteiger partial charge >= 0.3 is 6.09 Å². The summed E-state index contributed by atoms with van der Waals surface area (Å²) in [5.41, 5.74) is 2.00. The molecule has 0 unspecified atom stereocenters. The van der Waals surface area contributed by atoms with Gasteiger partial charge in [-0.25, -0.2) is 4.79 Å². The highest BCUT2D eigenvalue weighted by molar-refractivity contribution is 5.79. The number of hydrogen-bond donors (Lipinski definition) is 0. The van der Waals surface area contributed by atoms with Crippen LogP contribution in [0.2, 0.25) is 0 Å². The molecule has 0 aliphatic carbocycles. The molecule has 132 valence electrons. The summed E-state index contributed by atoms with van der Waals surface area (Å²) >= 11 is 0. The molecule has 1 fully saturated rings. The summed E-state index contributed by atoms with van der Waals surface area (Å²) in [4.78, 5) is 27.9. The molecule has 2 rings (SSSR count). The van der Waals surface area contributed by atoms with Crippen molar-refractivity contribution < 1.29 is 19.1 Å². The van der Waals surface area contributed by atoms with E-state index in [0.717, 1.165) is 23.3 Å². The molecule has 1 aromatic carbocycles. The Hall–Kier alpha value is -2.24. The Morgan fingerprint density at radius 3 is 2.50 bits per heavy atom. The minimum absolute atomic E-state index is 0.0882. The largest absolute Gasteiger partial charge is 0.496 e. The van der Waals surface area contributed by atoms with E-state index in [1.165, 1.54) is 0 Å². The molecule has 0 N–H and O–H groups in total. The fourth-order valence-corrected chi connectivity index (χ4v) is 2.90. The van der Waals surface area contributed by atoms with Gasteiger partial charge in [0.1, 0.15) is 5.75 Å². The van der Waals surface area contributed by atoms with Gasteiger partial charge in [0.05, 0.1) is 20.1 Å². The van der Waals surface area contributed by atoms with E-state index < -0.39 is 0 Å². The van der Waals surface area contributed by atoms with Crippen LogP contribution in [0.15, 0.2) is 18.2 Å². The standard InChI is InChI=1S/C18H26N2O4/c1-4-24-18(22)20-9-5-8-19(10-11-20)17(21)13-15-6-7-16(23-3)14(2)12-15/h6-7,12H,4-5,8-11,13H2,1-3H3. The molecule has 0 bridgehead atoms. The summed E-state index contributed by atoms with van der Waals surface area (Å²) in [5.74, 6) is 0.913. The third kappa shape index (κ3) is 4.63. The summed E-state index contributed by atoms with van der Waals surface area (Å²) in [6, 6.07) is 5.80. The predicted octanol–water partition coefficient (Wildman–Crippen LogP) is 2.24. The number of carbonyl (C=O) groups excluding carboxylic acids is 2. The Balaban J connectivity index is 1.93. The van der Waals surface area contributed by atoms with Crippen LogP contribution in [0.25, 0.3) is 0 Å². The van der Waals surface area contributed by atoms with Gasteiger partial charge in [0.15, 0.2) is 0 Å². The Bertz CT molecular complexity index is 588. The van der Waals surface area contributed by atoms with Crippen LogP contribution in [0.4, 0.5) is 4.79 Å². The zero-order chi connectivity index (χ0) is 17.5. The molecule has 1 saturated heterocycles. The quantitative estimate of drug-likeness (QED) is 0.847. The van der Waals surface area contributed by atoms with Crippen LogP contribution >= 0.6 is 0 Å². The molecule has 0 radical (unpaired) electrons. The van der Waals surface area contributed by atoms with E-state index >= 15 is 0 Å². The van der Waals surface area contributed by atoms with Gasteiger partial charge < -0.3 is 19.3 Å². The second kappa shape index (κ2) is 8.57. The topological polar surface area (TPSA) is 59.1 Å². The van der Waals surface area contributed by atoms with Crippen LogP contribution in [0.1, 0.15) is 24.5 Å². The maximum Gasteiger partial charge on any atom is 0.409 e. The first-order valence-electron chi connectivity index (χ1n) is 8.38. The lowest BCUT2D eigenvalue weighted by molar-refractivity contribution is -0.130. The van der Waals surface area contributed by atoms with Gasteiger partial charge in [-0.05, 0) is 37.5 Å². The van der Waals surface area contributed by atoms with Crippen LogP contribution in [-0.2, 0) is 16.0 Å². The maximum absolute atomic E-state index is 12.5. The summed E-state index contributed by atoms with van der Waals surface area (Å²) in [6.45, 7) is 6.50. The van der Waals surface area contributed by atoms with Gasteiger partial charge in [0.2, 0.25) is 5.91 Å². The van der Waals surface area contributed by atoms with E-state index in [-0.39, 0.29) is 12.0 Å². The number of rotatable bonds is 4. The van der Waals surface area contributed by atoms with E-state index in [9.17, 15) is 9.59 Å². The number of methoxy groups -OCH3 is 1. The third-order valence-electron chi connectivity index (χ3n) is 4.19. The SMILES string of the molecule is CCOC(=O)N1CCCN(C(=O)Cc2ccc(OC)c(C)c2)CC1. The number of aryl methyl sites for hydroxylation is 1. The average molecular weight is 334 g/mol. The molecule has 0 saturated carbocycles. The Morgan fingerprint density at radius 2 is 1.83 bits per heavy atom. The summed E-state index contributed by atoms with van der Waals surface area (Å²) in [6.07, 6.45) is 0.841. The normalized spacial score (nSPS) is 15.0. The number of hydrogen-bond acceptors (Lipinski definition) is 4. The van der Waals surface area contributed by atoms with Crippen LogP contribution in [0, 0.1) is 6.92 Å². The van der Waals surface area contributed by atoms with E-state index in [2.05, 4.69) is 0 Å². The van der Waals surface area contributed by atoms with Gasteiger partial charge in [-0.2, -0.15) is 0 Å². The molecule has 1 aromatic rings. The molecule has 1 aliphatic heterocycles. The lowest BCUT2D eigenvalue weighted by Crippen LogP contribution is -2.38. The van der Waals surface area contributed by atoms with Gasteiger partial charge in [-0.1, -0.05) is 12.1 Å². The van der Waals surface area contributed by atoms with Crippen molar-refractivity contribution in [2.24, 2.45) is 0 Å². The highest BCUT2D eigenvalue weighted by atomic mass is 16.6. The lowest BCUT2D eigenvalue weighted by Gasteiger charge is -2.22. The smallest absolute Gasteiger partial charge is 0.409 e. The molecule has 0 atom stereocenters. The molecule has 0 aromatic heterocycles. The fraction of sp³-hybridized carbons (Fsp3) is 0.556. The number of benzene rings is 1. The fourth-order valence-electron chi connectivity index (χ4n) is 2.90. The summed E-state index contributed by atoms with van der Waals surface area (Å²) in [7, 11) is 1.64. The van der Waals surface area contributed by atoms with E-state index in [0.29, 0.717) is 39.2 Å². The van der Waals surface area contributed by atoms with Crippen LogP contribution in [0.3, 0.4) is 0 Å². The number of ether oxygens (including phenoxy) is 2. The second-order valence-corrected chi connectivity index (χ2v) is 5.90. The third-order valence-corrected chi connectivity index (χ3v) is 4.19. The van der Waals surface area contributed by atoms with Crippen molar-refractivity contribution in [3.05, 3.63) is 29.3 Å². The van der Waals surface area contributed by atoms with Crippen molar-refractivity contribution in [2.45, 2.75) is 26.7 Å². The first-order valence-corrected chi connectivity index (χ1v) is 8.38. The average Bonchev–Trinajstić information content (AvgIpc) is 2.81. The highest BCUT2D eigenvalue weighted by Crippen LogP contribution is 2.19. The second-order valence-electron chi connectivity index (χ2n) is 5.90. The molecule has 1 aliphatic rings. The van der Waals surface area contributed by atoms with Gasteiger partial charge in [-0.15, -0.1) is 0 Å². The minimum Gasteiger partial charge on any atom is -0.496 e. The zero-order valence-corrected chi connectivity index (χ0v) is 14.7. The molecule has 0 spiro atoms. The first kappa shape index (κ1) is 18.1. The zero-order valence-electron chi connectivity index (χ0n) is 14.7. The van der Waals surface area contributed by atoms with Crippen molar-refractivity contribution in [1.29, 1.82) is 0 Å². The monoisotopic (exact) mass is 334 g/mol. The summed E-state index contributed by atoms with van der Waals surface area (Å²) in [5, 5.41) is 0. The van der Waals surface area contributed by atoms with Gasteiger partial charge in [-0.3, -0.25) is 4.79 Å². The molecular formula is C18H26N2O4. The van der Waals surface area contributed by atoms with Crippen molar-refractivity contribution in [3.63, 3.8) is 0 Å². The Kier molecular flexibility index (Phi) is 6.46. The van der Waals surface area contributed by atoms with Crippen molar-refractivity contribution in [3.8, 4) is 5.75 Å². The van der Waals surface area contributed by atoms with E-state index in [4.69, 9.17) is 9.47 Å². The minimum atomic E-state index is -0.294. The lowest BCUT2D eigenvalue weighted by atomic mass is 10.1. The molecule has 24 heavy (non-hydrogen) atoms. The molecule has 6 nitrogen and oxygen atoms in total. The van der Waals surface area contributed by atoms with Crippen LogP contribution in [0.5, 0.6) is 5.75 Å². The first-order chi connectivity index (χ1) is 11.5. The highest BCUT2D eigenvalue weighted by Gasteiger charge is 2.22. The van der Waals surface area contributed by atoms with Crippen molar-refractivity contribution in [2.75, 3.05) is 39.9 Å². The van der Waals surface area contributed by atoms with Crippen molar-refractivity contribution in [1.82, 2.24) is 9.80 Å². The Labute approximate surface area is 143 Å². The molecular weight excluding hydrogens is 308 g/mol. The number of amides is 2. The van der Waals surface area contributed by atoms with E-state index in [1.807, 2.05) is 30.0 Å². The number of nitrogens with zero attached hydrogens (tertiary/aromatic N) is 2. The van der Waals surface area contributed by atoms with E-state index in [1.54, 1.807) is 18.9 Å². The van der Waals surface area contributed by atoms with Crippen LogP contribution in [-0.4, -0.2) is 61.7 Å². The Morgan fingerprint density at radius 1 is 1.12 bits per heavy atom. The summed E-state index contributed by atoms with van der Waals surface area (Å²) < 4.78 is 10.3.